The smallest absolute Gasteiger partial charge is 0.225 e. The average Bonchev–Trinajstić information content (AvgIpc) is 3.08. The Morgan fingerprint density at radius 2 is 1.78 bits per heavy atom. The zero-order valence-electron chi connectivity index (χ0n) is 14.6. The summed E-state index contributed by atoms with van der Waals surface area (Å²) < 4.78 is 0. The molecule has 0 aromatic carbocycles. The summed E-state index contributed by atoms with van der Waals surface area (Å²) in [5.41, 5.74) is -0.0416. The van der Waals surface area contributed by atoms with E-state index in [1.54, 1.807) is 0 Å². The first-order valence-electron chi connectivity index (χ1n) is 8.82. The molecule has 0 aliphatic carbocycles. The van der Waals surface area contributed by atoms with Gasteiger partial charge >= 0.3 is 0 Å². The van der Waals surface area contributed by atoms with E-state index in [4.69, 9.17) is 4.98 Å². The van der Waals surface area contributed by atoms with Crippen molar-refractivity contribution in [2.45, 2.75) is 51.9 Å². The maximum Gasteiger partial charge on any atom is 0.225 e. The monoisotopic (exact) mass is 316 g/mol. The highest BCUT2D eigenvalue weighted by Gasteiger charge is 2.30. The summed E-state index contributed by atoms with van der Waals surface area (Å²) in [5, 5.41) is 0. The van der Waals surface area contributed by atoms with Crippen LogP contribution in [0.1, 0.15) is 52.3 Å². The van der Waals surface area contributed by atoms with E-state index in [-0.39, 0.29) is 11.3 Å². The minimum absolute atomic E-state index is 0.0416. The van der Waals surface area contributed by atoms with Crippen molar-refractivity contribution in [3.05, 3.63) is 18.1 Å². The van der Waals surface area contributed by atoms with Crippen molar-refractivity contribution in [1.82, 2.24) is 14.9 Å². The Balaban J connectivity index is 1.61. The van der Waals surface area contributed by atoms with Gasteiger partial charge in [0.05, 0.1) is 0 Å². The van der Waals surface area contributed by atoms with E-state index >= 15 is 0 Å². The molecule has 126 valence electrons. The Labute approximate surface area is 139 Å². The van der Waals surface area contributed by atoms with Crippen molar-refractivity contribution in [3.63, 3.8) is 0 Å². The van der Waals surface area contributed by atoms with Gasteiger partial charge in [-0.15, -0.1) is 0 Å². The van der Waals surface area contributed by atoms with Crippen molar-refractivity contribution in [3.8, 4) is 0 Å². The molecule has 0 unspecified atom stereocenters. The number of hydrogen-bond donors (Lipinski definition) is 0. The van der Waals surface area contributed by atoms with Gasteiger partial charge in [0, 0.05) is 43.7 Å². The summed E-state index contributed by atoms with van der Waals surface area (Å²) in [6.07, 6.45) is 6.06. The summed E-state index contributed by atoms with van der Waals surface area (Å²) in [4.78, 5) is 26.0. The number of hydrogen-bond acceptors (Lipinski definition) is 4. The molecule has 0 bridgehead atoms. The fourth-order valence-corrected chi connectivity index (χ4v) is 3.44. The van der Waals surface area contributed by atoms with E-state index in [0.29, 0.717) is 5.91 Å². The van der Waals surface area contributed by atoms with Gasteiger partial charge in [0.25, 0.3) is 0 Å². The molecule has 5 nitrogen and oxygen atoms in total. The van der Waals surface area contributed by atoms with Gasteiger partial charge in [-0.3, -0.25) is 4.79 Å². The van der Waals surface area contributed by atoms with Crippen molar-refractivity contribution in [2.75, 3.05) is 31.1 Å². The van der Waals surface area contributed by atoms with E-state index in [0.717, 1.165) is 50.7 Å². The highest BCUT2D eigenvalue weighted by molar-refractivity contribution is 5.79. The number of carbonyl (C=O) groups excluding carboxylic acids is 1. The van der Waals surface area contributed by atoms with E-state index in [2.05, 4.69) is 35.6 Å². The largest absolute Gasteiger partial charge is 0.356 e. The topological polar surface area (TPSA) is 49.3 Å². The zero-order valence-corrected chi connectivity index (χ0v) is 14.6. The second-order valence-corrected chi connectivity index (χ2v) is 7.78. The Hall–Kier alpha value is -1.65. The van der Waals surface area contributed by atoms with E-state index in [1.807, 2.05) is 12.3 Å². The summed E-state index contributed by atoms with van der Waals surface area (Å²) in [7, 11) is 0. The SMILES string of the molecule is CC(C)(C)c1nccc(N2CCC(C(=O)N3CCCC3)CC2)n1. The fourth-order valence-electron chi connectivity index (χ4n) is 3.44. The highest BCUT2D eigenvalue weighted by Crippen LogP contribution is 2.26. The number of amides is 1. The van der Waals surface area contributed by atoms with E-state index < -0.39 is 0 Å². The van der Waals surface area contributed by atoms with Crippen LogP contribution < -0.4 is 4.90 Å². The van der Waals surface area contributed by atoms with Crippen molar-refractivity contribution < 1.29 is 4.79 Å². The second kappa shape index (κ2) is 6.46. The molecule has 2 fully saturated rings. The average molecular weight is 316 g/mol. The lowest BCUT2D eigenvalue weighted by Crippen LogP contribution is -2.42. The number of nitrogens with zero attached hydrogens (tertiary/aromatic N) is 4. The van der Waals surface area contributed by atoms with Crippen LogP contribution in [0.3, 0.4) is 0 Å². The van der Waals surface area contributed by atoms with Crippen LogP contribution in [0.25, 0.3) is 0 Å². The Morgan fingerprint density at radius 1 is 1.13 bits per heavy atom. The van der Waals surface area contributed by atoms with Crippen molar-refractivity contribution in [2.24, 2.45) is 5.92 Å². The predicted octanol–water partition coefficient (Wildman–Crippen LogP) is 2.61. The molecule has 0 N–H and O–H groups in total. The number of likely N-dealkylation sites (tertiary alicyclic amines) is 1. The number of carbonyl (C=O) groups is 1. The number of aromatic nitrogens is 2. The van der Waals surface area contributed by atoms with Crippen LogP contribution in [-0.2, 0) is 10.2 Å². The first kappa shape index (κ1) is 16.2. The predicted molar refractivity (Wildman–Crippen MR) is 91.5 cm³/mol. The minimum Gasteiger partial charge on any atom is -0.356 e. The molecule has 0 spiro atoms. The molecule has 0 saturated carbocycles. The van der Waals surface area contributed by atoms with Crippen LogP contribution in [0.4, 0.5) is 5.82 Å². The Bertz CT molecular complexity index is 552. The fraction of sp³-hybridized carbons (Fsp3) is 0.722. The van der Waals surface area contributed by atoms with Crippen LogP contribution in [0.5, 0.6) is 0 Å². The summed E-state index contributed by atoms with van der Waals surface area (Å²) in [6, 6.07) is 1.98. The molecular weight excluding hydrogens is 288 g/mol. The van der Waals surface area contributed by atoms with Gasteiger partial charge in [0.2, 0.25) is 5.91 Å². The molecule has 3 rings (SSSR count). The normalized spacial score (nSPS) is 20.1. The summed E-state index contributed by atoms with van der Waals surface area (Å²) in [6.45, 7) is 10.1. The molecule has 5 heteroatoms. The molecule has 0 radical (unpaired) electrons. The van der Waals surface area contributed by atoms with Crippen molar-refractivity contribution >= 4 is 11.7 Å². The van der Waals surface area contributed by atoms with Crippen molar-refractivity contribution in [1.29, 1.82) is 0 Å². The lowest BCUT2D eigenvalue weighted by molar-refractivity contribution is -0.135. The molecule has 23 heavy (non-hydrogen) atoms. The molecule has 1 aromatic rings. The summed E-state index contributed by atoms with van der Waals surface area (Å²) in [5.74, 6) is 2.45. The van der Waals surface area contributed by atoms with Gasteiger partial charge in [-0.2, -0.15) is 0 Å². The maximum atomic E-state index is 12.5. The first-order valence-corrected chi connectivity index (χ1v) is 8.82. The molecule has 1 amide bonds. The number of rotatable bonds is 2. The second-order valence-electron chi connectivity index (χ2n) is 7.78. The van der Waals surface area contributed by atoms with Gasteiger partial charge in [0.1, 0.15) is 11.6 Å². The van der Waals surface area contributed by atoms with Gasteiger partial charge in [-0.25, -0.2) is 9.97 Å². The van der Waals surface area contributed by atoms with Crippen LogP contribution >= 0.6 is 0 Å². The van der Waals surface area contributed by atoms with Crippen LogP contribution in [-0.4, -0.2) is 47.0 Å². The molecule has 2 saturated heterocycles. The molecule has 1 aromatic heterocycles. The molecule has 2 aliphatic heterocycles. The van der Waals surface area contributed by atoms with E-state index in [1.165, 1.54) is 12.8 Å². The minimum atomic E-state index is -0.0416. The lowest BCUT2D eigenvalue weighted by atomic mass is 9.94. The quantitative estimate of drug-likeness (QED) is 0.841. The molecule has 3 heterocycles. The molecule has 2 aliphatic rings. The van der Waals surface area contributed by atoms with Crippen LogP contribution in [0, 0.1) is 5.92 Å². The highest BCUT2D eigenvalue weighted by atomic mass is 16.2. The third kappa shape index (κ3) is 3.65. The van der Waals surface area contributed by atoms with Gasteiger partial charge in [0.15, 0.2) is 0 Å². The number of piperidine rings is 1. The molecule has 0 atom stereocenters. The molecular formula is C18H28N4O. The van der Waals surface area contributed by atoms with Gasteiger partial charge in [-0.05, 0) is 31.7 Å². The number of anilines is 1. The standard InChI is InChI=1S/C18H28N4O/c1-18(2,3)17-19-9-6-15(20-17)21-12-7-14(8-13-21)16(23)22-10-4-5-11-22/h6,9,14H,4-5,7-8,10-13H2,1-3H3. The first-order chi connectivity index (χ1) is 10.9. The van der Waals surface area contributed by atoms with E-state index in [9.17, 15) is 4.79 Å². The Kier molecular flexibility index (Phi) is 4.55. The van der Waals surface area contributed by atoms with Crippen LogP contribution in [0.2, 0.25) is 0 Å². The van der Waals surface area contributed by atoms with Gasteiger partial charge in [-0.1, -0.05) is 20.8 Å². The third-order valence-corrected chi connectivity index (χ3v) is 4.90. The third-order valence-electron chi connectivity index (χ3n) is 4.90. The lowest BCUT2D eigenvalue weighted by Gasteiger charge is -2.34. The zero-order chi connectivity index (χ0) is 16.4. The maximum absolute atomic E-state index is 12.5. The van der Waals surface area contributed by atoms with Crippen LogP contribution in [0.15, 0.2) is 12.3 Å². The Morgan fingerprint density at radius 3 is 2.39 bits per heavy atom. The summed E-state index contributed by atoms with van der Waals surface area (Å²) >= 11 is 0. The van der Waals surface area contributed by atoms with Gasteiger partial charge < -0.3 is 9.80 Å².